The van der Waals surface area contributed by atoms with E-state index in [2.05, 4.69) is 25.7 Å². The first-order valence-electron chi connectivity index (χ1n) is 14.0. The lowest BCUT2D eigenvalue weighted by atomic mass is 10.1. The van der Waals surface area contributed by atoms with Crippen LogP contribution in [0.15, 0.2) is 72.3 Å². The summed E-state index contributed by atoms with van der Waals surface area (Å²) in [4.78, 5) is 48.2. The molecule has 14 nitrogen and oxygen atoms in total. The number of hydrogen-bond donors (Lipinski definition) is 3. The molecule has 0 aliphatic carbocycles. The monoisotopic (exact) mass is 647 g/mol. The number of carbonyl (C=O) groups excluding carboxylic acids is 3. The highest BCUT2D eigenvalue weighted by molar-refractivity contribution is 7.90. The van der Waals surface area contributed by atoms with Crippen LogP contribution in [-0.4, -0.2) is 67.9 Å². The number of nitrogens with two attached hydrogens (primary N) is 1. The van der Waals surface area contributed by atoms with Gasteiger partial charge in [-0.1, -0.05) is 11.3 Å². The molecule has 1 unspecified atom stereocenters. The third-order valence-electron chi connectivity index (χ3n) is 7.43. The zero-order chi connectivity index (χ0) is 31.7. The van der Waals surface area contributed by atoms with Crippen LogP contribution in [0.3, 0.4) is 0 Å². The van der Waals surface area contributed by atoms with E-state index in [9.17, 15) is 22.8 Å². The van der Waals surface area contributed by atoms with Crippen LogP contribution in [-0.2, 0) is 34.0 Å². The molecule has 1 atom stereocenters. The Balaban J connectivity index is 1.28. The lowest BCUT2D eigenvalue weighted by Gasteiger charge is -2.21. The van der Waals surface area contributed by atoms with Crippen LogP contribution < -0.4 is 16.4 Å². The summed E-state index contributed by atoms with van der Waals surface area (Å²) >= 11 is 1.04. The Hall–Kier alpha value is -5.09. The minimum Gasteiger partial charge on any atom is -0.368 e. The number of aryl methyl sites for hydroxylation is 1. The van der Waals surface area contributed by atoms with Crippen molar-refractivity contribution >= 4 is 49.8 Å². The number of primary amides is 1. The fourth-order valence-electron chi connectivity index (χ4n) is 5.22. The highest BCUT2D eigenvalue weighted by atomic mass is 32.2. The van der Waals surface area contributed by atoms with E-state index in [1.807, 2.05) is 28.9 Å². The Morgan fingerprint density at radius 1 is 1.09 bits per heavy atom. The summed E-state index contributed by atoms with van der Waals surface area (Å²) in [7, 11) is -2.22. The first-order valence-corrected chi connectivity index (χ1v) is 16.4. The van der Waals surface area contributed by atoms with E-state index in [0.717, 1.165) is 22.5 Å². The van der Waals surface area contributed by atoms with Crippen LogP contribution in [0.1, 0.15) is 34.5 Å². The Bertz CT molecular complexity index is 2030. The molecule has 0 spiro atoms. The fourth-order valence-corrected chi connectivity index (χ4v) is 7.60. The summed E-state index contributed by atoms with van der Waals surface area (Å²) < 4.78 is 30.7. The number of likely N-dealkylation sites (tertiary alicyclic amines) is 1. The van der Waals surface area contributed by atoms with E-state index in [0.29, 0.717) is 30.0 Å². The molecule has 1 aliphatic heterocycles. The number of hydrogen-bond acceptors (Lipinski definition) is 9. The molecule has 4 amide bonds. The van der Waals surface area contributed by atoms with Gasteiger partial charge in [0.2, 0.25) is 5.91 Å². The van der Waals surface area contributed by atoms with E-state index in [1.54, 1.807) is 25.5 Å². The van der Waals surface area contributed by atoms with Gasteiger partial charge in [0.25, 0.3) is 5.91 Å². The molecule has 0 bridgehead atoms. The molecule has 5 heterocycles. The second-order valence-corrected chi connectivity index (χ2v) is 13.6. The Morgan fingerprint density at radius 3 is 2.71 bits per heavy atom. The molecule has 45 heavy (non-hydrogen) atoms. The summed E-state index contributed by atoms with van der Waals surface area (Å²) in [5.41, 5.74) is 7.90. The molecule has 5 aromatic rings. The van der Waals surface area contributed by atoms with Gasteiger partial charge in [-0.25, -0.2) is 23.2 Å². The average Bonchev–Trinajstić information content (AvgIpc) is 3.83. The van der Waals surface area contributed by atoms with E-state index < -0.39 is 33.7 Å². The van der Waals surface area contributed by atoms with Crippen LogP contribution in [0.4, 0.5) is 9.93 Å². The van der Waals surface area contributed by atoms with Crippen molar-refractivity contribution in [3.8, 4) is 10.4 Å². The van der Waals surface area contributed by atoms with Gasteiger partial charge < -0.3 is 20.4 Å². The van der Waals surface area contributed by atoms with Crippen LogP contribution in [0, 0.1) is 0 Å². The molecule has 1 saturated heterocycles. The summed E-state index contributed by atoms with van der Waals surface area (Å²) in [6.45, 7) is 0.609. The number of amides is 4. The number of fused-ring (bicyclic) bond motifs is 1. The maximum atomic E-state index is 13.6. The highest BCUT2D eigenvalue weighted by Crippen LogP contribution is 2.36. The van der Waals surface area contributed by atoms with Crippen LogP contribution in [0.5, 0.6) is 0 Å². The number of urea groups is 1. The molecule has 4 N–H and O–H groups in total. The number of nitrogens with one attached hydrogen (secondary N) is 2. The predicted octanol–water partition coefficient (Wildman–Crippen LogP) is 2.58. The molecular weight excluding hydrogens is 619 g/mol. The van der Waals surface area contributed by atoms with Crippen LogP contribution in [0.25, 0.3) is 16.1 Å². The van der Waals surface area contributed by atoms with E-state index in [-0.39, 0.29) is 33.5 Å². The van der Waals surface area contributed by atoms with Gasteiger partial charge >= 0.3 is 6.03 Å². The molecule has 0 saturated carbocycles. The number of pyridine rings is 1. The molecule has 0 radical (unpaired) electrons. The average molecular weight is 648 g/mol. The molecule has 6 rings (SSSR count). The highest BCUT2D eigenvalue weighted by Gasteiger charge is 2.33. The number of sulfone groups is 1. The van der Waals surface area contributed by atoms with Gasteiger partial charge in [0.15, 0.2) is 15.0 Å². The number of aromatic nitrogens is 5. The third-order valence-corrected chi connectivity index (χ3v) is 10.1. The predicted molar refractivity (Wildman–Crippen MR) is 166 cm³/mol. The molecule has 16 heteroatoms. The maximum Gasteiger partial charge on any atom is 0.324 e. The zero-order valence-electron chi connectivity index (χ0n) is 24.1. The first kappa shape index (κ1) is 30.0. The summed E-state index contributed by atoms with van der Waals surface area (Å²) in [5.74, 6) is -1.34. The normalized spacial score (nSPS) is 15.0. The fraction of sp³-hybridized carbons (Fsp3) is 0.241. The lowest BCUT2D eigenvalue weighted by Crippen LogP contribution is -2.45. The van der Waals surface area contributed by atoms with Gasteiger partial charge in [-0.05, 0) is 54.8 Å². The standard InChI is InChI=1S/C29H29N9O5S2/c1-36-10-7-20(35-36)17-45(42,43)24-5-4-19(27(40)32-15-18-6-11-37-12-8-31-25(37)13-18)14-21(24)23-16-33-28(44-23)34-29(41)38-9-2-3-22(38)26(30)39/h4-8,10-14,16,22H,2-3,9,15,17H2,1H3,(H2,30,39)(H,32,40)(H,33,34,41). The van der Waals surface area contributed by atoms with Gasteiger partial charge in [0, 0.05) is 62.2 Å². The van der Waals surface area contributed by atoms with Crippen molar-refractivity contribution in [3.05, 3.63) is 84.2 Å². The van der Waals surface area contributed by atoms with Gasteiger partial charge in [0.05, 0.1) is 21.2 Å². The third kappa shape index (κ3) is 6.41. The molecular formula is C29H29N9O5S2. The van der Waals surface area contributed by atoms with Gasteiger partial charge in [-0.2, -0.15) is 5.10 Å². The molecule has 1 fully saturated rings. The van der Waals surface area contributed by atoms with E-state index >= 15 is 0 Å². The van der Waals surface area contributed by atoms with Gasteiger partial charge in [0.1, 0.15) is 11.7 Å². The van der Waals surface area contributed by atoms with Crippen molar-refractivity contribution in [1.29, 1.82) is 0 Å². The number of anilines is 1. The van der Waals surface area contributed by atoms with Crippen molar-refractivity contribution in [1.82, 2.24) is 34.4 Å². The number of imidazole rings is 1. The van der Waals surface area contributed by atoms with E-state index in [4.69, 9.17) is 5.73 Å². The number of thiazole rings is 1. The molecule has 1 aromatic carbocycles. The second kappa shape index (κ2) is 12.1. The minimum atomic E-state index is -3.92. The van der Waals surface area contributed by atoms with Crippen LogP contribution in [0.2, 0.25) is 0 Å². The Labute approximate surface area is 261 Å². The number of benzene rings is 1. The Morgan fingerprint density at radius 2 is 1.93 bits per heavy atom. The minimum absolute atomic E-state index is 0.00989. The SMILES string of the molecule is Cn1ccc(CS(=O)(=O)c2ccc(C(=O)NCc3ccn4ccnc4c3)cc2-c2cnc(NC(=O)N3CCCC3C(N)=O)s2)n1. The topological polar surface area (TPSA) is 187 Å². The van der Waals surface area contributed by atoms with E-state index in [1.165, 1.54) is 34.0 Å². The van der Waals surface area contributed by atoms with Crippen molar-refractivity contribution in [2.75, 3.05) is 11.9 Å². The van der Waals surface area contributed by atoms with Crippen LogP contribution >= 0.6 is 11.3 Å². The second-order valence-electron chi connectivity index (χ2n) is 10.6. The zero-order valence-corrected chi connectivity index (χ0v) is 25.7. The number of carbonyl (C=O) groups is 3. The summed E-state index contributed by atoms with van der Waals surface area (Å²) in [5, 5.41) is 9.96. The molecule has 1 aliphatic rings. The summed E-state index contributed by atoms with van der Waals surface area (Å²) in [6.07, 6.45) is 9.58. The quantitative estimate of drug-likeness (QED) is 0.218. The van der Waals surface area contributed by atoms with Crippen molar-refractivity contribution < 1.29 is 22.8 Å². The van der Waals surface area contributed by atoms with Gasteiger partial charge in [-0.15, -0.1) is 0 Å². The molecule has 232 valence electrons. The summed E-state index contributed by atoms with van der Waals surface area (Å²) in [6, 6.07) is 8.49. The van der Waals surface area contributed by atoms with Crippen molar-refractivity contribution in [3.63, 3.8) is 0 Å². The van der Waals surface area contributed by atoms with Gasteiger partial charge in [-0.3, -0.25) is 19.6 Å². The Kier molecular flexibility index (Phi) is 8.07. The maximum absolute atomic E-state index is 13.6. The van der Waals surface area contributed by atoms with Crippen molar-refractivity contribution in [2.45, 2.75) is 36.1 Å². The number of rotatable bonds is 9. The largest absolute Gasteiger partial charge is 0.368 e. The first-order chi connectivity index (χ1) is 21.6. The lowest BCUT2D eigenvalue weighted by molar-refractivity contribution is -0.121. The molecule has 4 aromatic heterocycles. The number of nitrogens with zero attached hydrogens (tertiary/aromatic N) is 6. The van der Waals surface area contributed by atoms with Crippen molar-refractivity contribution in [2.24, 2.45) is 12.8 Å². The smallest absolute Gasteiger partial charge is 0.324 e.